The predicted molar refractivity (Wildman–Crippen MR) is 86.0 cm³/mol. The molecule has 0 aromatic heterocycles. The highest BCUT2D eigenvalue weighted by Crippen LogP contribution is 2.23. The summed E-state index contributed by atoms with van der Waals surface area (Å²) >= 11 is 3.49. The maximum Gasteiger partial charge on any atom is 0.238 e. The second-order valence-electron chi connectivity index (χ2n) is 5.31. The minimum absolute atomic E-state index is 0.0508. The van der Waals surface area contributed by atoms with E-state index in [1.54, 1.807) is 0 Å². The third-order valence-electron chi connectivity index (χ3n) is 3.53. The van der Waals surface area contributed by atoms with Crippen molar-refractivity contribution >= 4 is 27.5 Å². The first-order valence-electron chi connectivity index (χ1n) is 7.11. The maximum atomic E-state index is 12.2. The Morgan fingerprint density at radius 3 is 2.80 bits per heavy atom. The predicted octanol–water partition coefficient (Wildman–Crippen LogP) is 2.38. The van der Waals surface area contributed by atoms with Gasteiger partial charge in [0.2, 0.25) is 5.91 Å². The molecule has 0 saturated carbocycles. The lowest BCUT2D eigenvalue weighted by Gasteiger charge is -2.37. The SMILES string of the molecule is CCCN(CC(=O)Nc1ccc(C)cc1Br)C1CNC1. The van der Waals surface area contributed by atoms with Crippen LogP contribution in [-0.2, 0) is 4.79 Å². The van der Waals surface area contributed by atoms with Gasteiger partial charge >= 0.3 is 0 Å². The number of hydrogen-bond donors (Lipinski definition) is 2. The maximum absolute atomic E-state index is 12.2. The number of nitrogens with zero attached hydrogens (tertiary/aromatic N) is 1. The Morgan fingerprint density at radius 2 is 2.25 bits per heavy atom. The summed E-state index contributed by atoms with van der Waals surface area (Å²) < 4.78 is 0.929. The van der Waals surface area contributed by atoms with Crippen LogP contribution < -0.4 is 10.6 Å². The molecule has 0 unspecified atom stereocenters. The average molecular weight is 340 g/mol. The summed E-state index contributed by atoms with van der Waals surface area (Å²) in [6, 6.07) is 6.45. The molecule has 1 aromatic carbocycles. The summed E-state index contributed by atoms with van der Waals surface area (Å²) in [4.78, 5) is 14.4. The van der Waals surface area contributed by atoms with Crippen LogP contribution in [-0.4, -0.2) is 43.0 Å². The fraction of sp³-hybridized carbons (Fsp3) is 0.533. The fourth-order valence-corrected chi connectivity index (χ4v) is 2.90. The Labute approximate surface area is 129 Å². The van der Waals surface area contributed by atoms with Crippen molar-refractivity contribution in [3.63, 3.8) is 0 Å². The van der Waals surface area contributed by atoms with E-state index in [4.69, 9.17) is 0 Å². The molecule has 1 fully saturated rings. The van der Waals surface area contributed by atoms with Crippen molar-refractivity contribution in [3.8, 4) is 0 Å². The van der Waals surface area contributed by atoms with Crippen molar-refractivity contribution in [2.45, 2.75) is 26.3 Å². The molecule has 2 rings (SSSR count). The zero-order chi connectivity index (χ0) is 14.5. The average Bonchev–Trinajstić information content (AvgIpc) is 2.31. The number of rotatable bonds is 6. The molecular formula is C15H22BrN3O. The van der Waals surface area contributed by atoms with Crippen molar-refractivity contribution in [2.75, 3.05) is 31.5 Å². The quantitative estimate of drug-likeness (QED) is 0.836. The molecule has 1 aliphatic rings. The number of halogens is 1. The Kier molecular flexibility index (Phi) is 5.57. The highest BCUT2D eigenvalue weighted by atomic mass is 79.9. The van der Waals surface area contributed by atoms with Gasteiger partial charge in [-0.2, -0.15) is 0 Å². The Hall–Kier alpha value is -0.910. The van der Waals surface area contributed by atoms with Crippen LogP contribution in [0, 0.1) is 6.92 Å². The molecule has 0 aliphatic carbocycles. The van der Waals surface area contributed by atoms with Crippen LogP contribution in [0.3, 0.4) is 0 Å². The molecular weight excluding hydrogens is 318 g/mol. The second-order valence-corrected chi connectivity index (χ2v) is 6.17. The number of benzene rings is 1. The first-order chi connectivity index (χ1) is 9.60. The topological polar surface area (TPSA) is 44.4 Å². The molecule has 0 spiro atoms. The van der Waals surface area contributed by atoms with Gasteiger partial charge in [0.1, 0.15) is 0 Å². The van der Waals surface area contributed by atoms with E-state index in [2.05, 4.69) is 38.4 Å². The summed E-state index contributed by atoms with van der Waals surface area (Å²) in [6.07, 6.45) is 1.07. The monoisotopic (exact) mass is 339 g/mol. The zero-order valence-electron chi connectivity index (χ0n) is 12.1. The van der Waals surface area contributed by atoms with E-state index in [0.717, 1.165) is 36.2 Å². The van der Waals surface area contributed by atoms with Crippen molar-refractivity contribution in [1.29, 1.82) is 0 Å². The highest BCUT2D eigenvalue weighted by molar-refractivity contribution is 9.10. The number of carbonyl (C=O) groups excluding carboxylic acids is 1. The van der Waals surface area contributed by atoms with Crippen molar-refractivity contribution in [3.05, 3.63) is 28.2 Å². The van der Waals surface area contributed by atoms with Crippen LogP contribution >= 0.6 is 15.9 Å². The number of nitrogens with one attached hydrogen (secondary N) is 2. The summed E-state index contributed by atoms with van der Waals surface area (Å²) in [6.45, 7) is 7.58. The number of hydrogen-bond acceptors (Lipinski definition) is 3. The van der Waals surface area contributed by atoms with Crippen LogP contribution in [0.4, 0.5) is 5.69 Å². The third kappa shape index (κ3) is 4.04. The molecule has 1 saturated heterocycles. The standard InChI is InChI=1S/C15H22BrN3O/c1-3-6-19(12-8-17-9-12)10-15(20)18-14-5-4-11(2)7-13(14)16/h4-5,7,12,17H,3,6,8-10H2,1-2H3,(H,18,20). The minimum atomic E-state index is 0.0508. The van der Waals surface area contributed by atoms with Crippen LogP contribution in [0.25, 0.3) is 0 Å². The molecule has 5 heteroatoms. The summed E-state index contributed by atoms with van der Waals surface area (Å²) in [5, 5.41) is 6.24. The summed E-state index contributed by atoms with van der Waals surface area (Å²) in [7, 11) is 0. The molecule has 20 heavy (non-hydrogen) atoms. The summed E-state index contributed by atoms with van der Waals surface area (Å²) in [5.74, 6) is 0.0508. The van der Waals surface area contributed by atoms with Gasteiger partial charge in [0.15, 0.2) is 0 Å². The van der Waals surface area contributed by atoms with Crippen LogP contribution in [0.5, 0.6) is 0 Å². The van der Waals surface area contributed by atoms with E-state index < -0.39 is 0 Å². The van der Waals surface area contributed by atoms with Gasteiger partial charge < -0.3 is 10.6 Å². The molecule has 0 radical (unpaired) electrons. The number of amides is 1. The molecule has 110 valence electrons. The van der Waals surface area contributed by atoms with Gasteiger partial charge in [-0.3, -0.25) is 9.69 Å². The van der Waals surface area contributed by atoms with Crippen molar-refractivity contribution in [1.82, 2.24) is 10.2 Å². The van der Waals surface area contributed by atoms with E-state index in [1.807, 2.05) is 25.1 Å². The molecule has 0 bridgehead atoms. The van der Waals surface area contributed by atoms with Gasteiger partial charge in [-0.25, -0.2) is 0 Å². The van der Waals surface area contributed by atoms with E-state index in [0.29, 0.717) is 12.6 Å². The lowest BCUT2D eigenvalue weighted by Crippen LogP contribution is -2.58. The van der Waals surface area contributed by atoms with E-state index in [9.17, 15) is 4.79 Å². The van der Waals surface area contributed by atoms with Crippen LogP contribution in [0.1, 0.15) is 18.9 Å². The first kappa shape index (κ1) is 15.5. The van der Waals surface area contributed by atoms with Gasteiger partial charge in [-0.15, -0.1) is 0 Å². The van der Waals surface area contributed by atoms with Gasteiger partial charge in [0.05, 0.1) is 12.2 Å². The van der Waals surface area contributed by atoms with Gasteiger partial charge in [0, 0.05) is 23.6 Å². The lowest BCUT2D eigenvalue weighted by molar-refractivity contribution is -0.118. The molecule has 1 amide bonds. The van der Waals surface area contributed by atoms with E-state index in [1.165, 1.54) is 5.56 Å². The first-order valence-corrected chi connectivity index (χ1v) is 7.90. The van der Waals surface area contributed by atoms with Crippen LogP contribution in [0.2, 0.25) is 0 Å². The largest absolute Gasteiger partial charge is 0.324 e. The Balaban J connectivity index is 1.93. The number of carbonyl (C=O) groups is 1. The fourth-order valence-electron chi connectivity index (χ4n) is 2.31. The second kappa shape index (κ2) is 7.20. The summed E-state index contributed by atoms with van der Waals surface area (Å²) in [5.41, 5.74) is 2.01. The van der Waals surface area contributed by atoms with Gasteiger partial charge in [-0.1, -0.05) is 13.0 Å². The molecule has 1 aliphatic heterocycles. The minimum Gasteiger partial charge on any atom is -0.324 e. The number of aryl methyl sites for hydroxylation is 1. The third-order valence-corrected chi connectivity index (χ3v) is 4.19. The van der Waals surface area contributed by atoms with Crippen molar-refractivity contribution < 1.29 is 4.79 Å². The Bertz CT molecular complexity index is 474. The lowest BCUT2D eigenvalue weighted by atomic mass is 10.1. The van der Waals surface area contributed by atoms with Gasteiger partial charge in [0.25, 0.3) is 0 Å². The molecule has 4 nitrogen and oxygen atoms in total. The smallest absolute Gasteiger partial charge is 0.238 e. The van der Waals surface area contributed by atoms with E-state index in [-0.39, 0.29) is 5.91 Å². The highest BCUT2D eigenvalue weighted by Gasteiger charge is 2.25. The normalized spacial score (nSPS) is 15.2. The van der Waals surface area contributed by atoms with Gasteiger partial charge in [-0.05, 0) is 53.5 Å². The Morgan fingerprint density at radius 1 is 1.50 bits per heavy atom. The molecule has 2 N–H and O–H groups in total. The molecule has 1 heterocycles. The molecule has 1 aromatic rings. The number of anilines is 1. The molecule has 0 atom stereocenters. The van der Waals surface area contributed by atoms with Crippen LogP contribution in [0.15, 0.2) is 22.7 Å². The zero-order valence-corrected chi connectivity index (χ0v) is 13.7. The van der Waals surface area contributed by atoms with E-state index >= 15 is 0 Å². The van der Waals surface area contributed by atoms with Crippen molar-refractivity contribution in [2.24, 2.45) is 0 Å².